The Morgan fingerprint density at radius 1 is 1.24 bits per heavy atom. The zero-order valence-corrected chi connectivity index (χ0v) is 17.2. The molecule has 158 valence electrons. The third-order valence-electron chi connectivity index (χ3n) is 4.21. The summed E-state index contributed by atoms with van der Waals surface area (Å²) in [5, 5.41) is 0. The van der Waals surface area contributed by atoms with Crippen LogP contribution >= 0.6 is 11.8 Å². The number of amides is 1. The zero-order valence-electron chi connectivity index (χ0n) is 16.3. The number of unbranched alkanes of at least 4 members (excludes halogenated alkanes) is 1. The quantitative estimate of drug-likeness (QED) is 0.601. The second kappa shape index (κ2) is 10.2. The molecule has 0 bridgehead atoms. The fraction of sp³-hybridized carbons (Fsp3) is 0.421. The van der Waals surface area contributed by atoms with E-state index in [-0.39, 0.29) is 28.7 Å². The highest BCUT2D eigenvalue weighted by molar-refractivity contribution is 8.00. The average molecular weight is 426 g/mol. The van der Waals surface area contributed by atoms with Crippen molar-refractivity contribution in [3.05, 3.63) is 50.7 Å². The Balaban J connectivity index is 2.36. The molecule has 1 aromatic carbocycles. The number of carbonyl (C=O) groups is 1. The highest BCUT2D eigenvalue weighted by Crippen LogP contribution is 2.25. The maximum Gasteiger partial charge on any atom is 0.330 e. The smallest absolute Gasteiger partial charge is 0.330 e. The molecule has 1 aromatic heterocycles. The van der Waals surface area contributed by atoms with E-state index in [2.05, 4.69) is 4.98 Å². The second-order valence-corrected chi connectivity index (χ2v) is 7.42. The van der Waals surface area contributed by atoms with E-state index in [1.54, 1.807) is 0 Å². The molecule has 0 aliphatic carbocycles. The Kier molecular flexibility index (Phi) is 8.00. The average Bonchev–Trinajstić information content (AvgIpc) is 2.66. The molecule has 1 heterocycles. The van der Waals surface area contributed by atoms with Crippen LogP contribution in [0.4, 0.5) is 20.3 Å². The third kappa shape index (κ3) is 5.47. The Morgan fingerprint density at radius 2 is 1.97 bits per heavy atom. The van der Waals surface area contributed by atoms with E-state index in [9.17, 15) is 23.2 Å². The molecular weight excluding hydrogens is 402 g/mol. The first-order valence-electron chi connectivity index (χ1n) is 9.30. The summed E-state index contributed by atoms with van der Waals surface area (Å²) in [6.45, 7) is 4.29. The number of aromatic amines is 1. The summed E-state index contributed by atoms with van der Waals surface area (Å²) in [5.41, 5.74) is 4.60. The van der Waals surface area contributed by atoms with Crippen LogP contribution in [0.2, 0.25) is 0 Å². The number of nitrogens with one attached hydrogen (secondary N) is 1. The van der Waals surface area contributed by atoms with Crippen LogP contribution in [-0.2, 0) is 11.3 Å². The Labute approximate surface area is 170 Å². The molecule has 0 saturated heterocycles. The van der Waals surface area contributed by atoms with Gasteiger partial charge in [0.25, 0.3) is 5.56 Å². The summed E-state index contributed by atoms with van der Waals surface area (Å²) >= 11 is 0.895. The maximum atomic E-state index is 13.8. The summed E-state index contributed by atoms with van der Waals surface area (Å²) < 4.78 is 28.1. The number of aromatic nitrogens is 2. The van der Waals surface area contributed by atoms with Gasteiger partial charge < -0.3 is 10.6 Å². The van der Waals surface area contributed by atoms with Crippen molar-refractivity contribution in [2.45, 2.75) is 44.6 Å². The lowest BCUT2D eigenvalue weighted by Crippen LogP contribution is -2.42. The molecule has 7 nitrogen and oxygen atoms in total. The molecule has 2 rings (SSSR count). The predicted octanol–water partition coefficient (Wildman–Crippen LogP) is 2.73. The van der Waals surface area contributed by atoms with Gasteiger partial charge in [0.2, 0.25) is 5.91 Å². The number of nitrogens with two attached hydrogens (primary N) is 1. The zero-order chi connectivity index (χ0) is 21.6. The van der Waals surface area contributed by atoms with Crippen LogP contribution in [0.15, 0.2) is 32.7 Å². The van der Waals surface area contributed by atoms with E-state index in [4.69, 9.17) is 5.73 Å². The lowest BCUT2D eigenvalue weighted by Gasteiger charge is -2.24. The minimum atomic E-state index is -0.767. The number of H-pyrrole nitrogens is 1. The van der Waals surface area contributed by atoms with Gasteiger partial charge in [0.1, 0.15) is 17.5 Å². The third-order valence-corrected chi connectivity index (χ3v) is 5.25. The fourth-order valence-corrected chi connectivity index (χ4v) is 3.57. The van der Waals surface area contributed by atoms with Crippen LogP contribution in [0.1, 0.15) is 33.1 Å². The van der Waals surface area contributed by atoms with Crippen LogP contribution in [-0.4, -0.2) is 27.8 Å². The number of thioether (sulfide) groups is 1. The molecule has 0 unspecified atom stereocenters. The van der Waals surface area contributed by atoms with Crippen LogP contribution in [0.3, 0.4) is 0 Å². The van der Waals surface area contributed by atoms with Crippen molar-refractivity contribution in [2.24, 2.45) is 0 Å². The van der Waals surface area contributed by atoms with Crippen molar-refractivity contribution < 1.29 is 13.6 Å². The number of nitrogen functional groups attached to an aromatic ring is 1. The minimum Gasteiger partial charge on any atom is -0.383 e. The molecule has 0 fully saturated rings. The van der Waals surface area contributed by atoms with Gasteiger partial charge in [0.05, 0.1) is 5.75 Å². The van der Waals surface area contributed by atoms with Crippen molar-refractivity contribution >= 4 is 29.2 Å². The van der Waals surface area contributed by atoms with Crippen LogP contribution in [0.5, 0.6) is 0 Å². The van der Waals surface area contributed by atoms with Crippen LogP contribution in [0.25, 0.3) is 0 Å². The van der Waals surface area contributed by atoms with Gasteiger partial charge in [-0.1, -0.05) is 20.3 Å². The second-order valence-electron chi connectivity index (χ2n) is 6.41. The van der Waals surface area contributed by atoms with E-state index < -0.39 is 28.8 Å². The van der Waals surface area contributed by atoms with E-state index in [1.165, 1.54) is 15.5 Å². The van der Waals surface area contributed by atoms with Gasteiger partial charge in [-0.05, 0) is 25.0 Å². The number of hydrogen-bond donors (Lipinski definition) is 2. The molecule has 2 aromatic rings. The summed E-state index contributed by atoms with van der Waals surface area (Å²) in [7, 11) is 0. The molecule has 0 aliphatic rings. The number of rotatable bonds is 9. The Hall–Kier alpha value is -2.62. The predicted molar refractivity (Wildman–Crippen MR) is 110 cm³/mol. The number of halogens is 2. The SMILES string of the molecule is CCCCN(C(=O)CSc1ccc(F)cc1F)c1c(N)n(CCC)c(=O)[nH]c1=O. The lowest BCUT2D eigenvalue weighted by molar-refractivity contribution is -0.116. The number of benzene rings is 1. The number of carbonyl (C=O) groups excluding carboxylic acids is 1. The first-order valence-corrected chi connectivity index (χ1v) is 10.3. The molecule has 0 aliphatic heterocycles. The van der Waals surface area contributed by atoms with Crippen molar-refractivity contribution in [1.29, 1.82) is 0 Å². The minimum absolute atomic E-state index is 0.0805. The van der Waals surface area contributed by atoms with Crippen LogP contribution < -0.4 is 21.9 Å². The highest BCUT2D eigenvalue weighted by atomic mass is 32.2. The monoisotopic (exact) mass is 426 g/mol. The first kappa shape index (κ1) is 22.7. The largest absolute Gasteiger partial charge is 0.383 e. The van der Waals surface area contributed by atoms with Gasteiger partial charge in [-0.3, -0.25) is 19.1 Å². The fourth-order valence-electron chi connectivity index (χ4n) is 2.77. The van der Waals surface area contributed by atoms with Crippen LogP contribution in [0, 0.1) is 11.6 Å². The molecule has 0 saturated carbocycles. The number of anilines is 2. The number of hydrogen-bond acceptors (Lipinski definition) is 5. The Bertz CT molecular complexity index is 990. The standard InChI is InChI=1S/C19H24F2N4O3S/c1-3-5-9-24(15(26)11-29-14-7-6-12(20)10-13(14)21)16-17(22)25(8-4-2)19(28)23-18(16)27/h6-7,10H,3-5,8-9,11,22H2,1-2H3,(H,23,27,28). The molecule has 0 atom stereocenters. The van der Waals surface area contributed by atoms with Crippen molar-refractivity contribution in [1.82, 2.24) is 9.55 Å². The van der Waals surface area contributed by atoms with E-state index >= 15 is 0 Å². The van der Waals surface area contributed by atoms with Crippen molar-refractivity contribution in [3.63, 3.8) is 0 Å². The topological polar surface area (TPSA) is 101 Å². The van der Waals surface area contributed by atoms with Gasteiger partial charge in [-0.2, -0.15) is 0 Å². The molecule has 29 heavy (non-hydrogen) atoms. The van der Waals surface area contributed by atoms with E-state index in [1.807, 2.05) is 13.8 Å². The first-order chi connectivity index (χ1) is 13.8. The molecule has 3 N–H and O–H groups in total. The van der Waals surface area contributed by atoms with Gasteiger partial charge in [0, 0.05) is 24.1 Å². The maximum absolute atomic E-state index is 13.8. The molecule has 10 heteroatoms. The highest BCUT2D eigenvalue weighted by Gasteiger charge is 2.24. The lowest BCUT2D eigenvalue weighted by atomic mass is 10.2. The van der Waals surface area contributed by atoms with Crippen molar-refractivity contribution in [3.8, 4) is 0 Å². The summed E-state index contributed by atoms with van der Waals surface area (Å²) in [6, 6.07) is 3.10. The van der Waals surface area contributed by atoms with Gasteiger partial charge in [-0.25, -0.2) is 13.6 Å². The molecule has 0 radical (unpaired) electrons. The van der Waals surface area contributed by atoms with Crippen molar-refractivity contribution in [2.75, 3.05) is 22.9 Å². The Morgan fingerprint density at radius 3 is 2.59 bits per heavy atom. The number of nitrogens with zero attached hydrogens (tertiary/aromatic N) is 2. The summed E-state index contributed by atoms with van der Waals surface area (Å²) in [6.07, 6.45) is 1.97. The summed E-state index contributed by atoms with van der Waals surface area (Å²) in [4.78, 5) is 40.9. The molecule has 0 spiro atoms. The summed E-state index contributed by atoms with van der Waals surface area (Å²) in [5.74, 6) is -2.20. The van der Waals surface area contributed by atoms with Gasteiger partial charge in [-0.15, -0.1) is 11.8 Å². The van der Waals surface area contributed by atoms with Gasteiger partial charge >= 0.3 is 5.69 Å². The molecular formula is C19H24F2N4O3S. The normalized spacial score (nSPS) is 10.9. The molecule has 1 amide bonds. The van der Waals surface area contributed by atoms with E-state index in [0.29, 0.717) is 19.4 Å². The van der Waals surface area contributed by atoms with Gasteiger partial charge in [0.15, 0.2) is 5.69 Å². The van der Waals surface area contributed by atoms with E-state index in [0.717, 1.165) is 30.3 Å².